The summed E-state index contributed by atoms with van der Waals surface area (Å²) in [7, 11) is 1.60. The first kappa shape index (κ1) is 12.7. The number of hydrogen-bond donors (Lipinski definition) is 1. The van der Waals surface area contributed by atoms with E-state index in [4.69, 9.17) is 14.4 Å². The lowest BCUT2D eigenvalue weighted by Gasteiger charge is -2.20. The normalized spacial score (nSPS) is 13.8. The number of ether oxygens (including phenoxy) is 1. The second kappa shape index (κ2) is 5.00. The van der Waals surface area contributed by atoms with Gasteiger partial charge in [-0.25, -0.2) is 4.79 Å². The van der Waals surface area contributed by atoms with Crippen LogP contribution in [-0.2, 0) is 12.8 Å². The summed E-state index contributed by atoms with van der Waals surface area (Å²) in [6, 6.07) is 5.43. The third-order valence-corrected chi connectivity index (χ3v) is 3.69. The molecule has 0 aliphatic heterocycles. The first-order valence-electron chi connectivity index (χ1n) is 6.60. The number of carbonyl (C=O) groups is 1. The van der Waals surface area contributed by atoms with E-state index in [1.54, 1.807) is 7.11 Å². The van der Waals surface area contributed by atoms with Crippen LogP contribution in [0.25, 0.3) is 11.3 Å². The molecule has 0 radical (unpaired) electrons. The van der Waals surface area contributed by atoms with Gasteiger partial charge in [-0.2, -0.15) is 0 Å². The number of aromatic nitrogens is 1. The lowest BCUT2D eigenvalue weighted by molar-refractivity contribution is 0.0686. The number of hydrogen-bond acceptors (Lipinski definition) is 4. The number of benzene rings is 1. The van der Waals surface area contributed by atoms with Crippen LogP contribution in [0.3, 0.4) is 0 Å². The molecule has 0 atom stereocenters. The number of carboxylic acids is 1. The van der Waals surface area contributed by atoms with Gasteiger partial charge in [-0.1, -0.05) is 11.2 Å². The van der Waals surface area contributed by atoms with Crippen molar-refractivity contribution in [3.05, 3.63) is 35.0 Å². The third-order valence-electron chi connectivity index (χ3n) is 3.69. The predicted octanol–water partition coefficient (Wildman–Crippen LogP) is 2.93. The molecule has 2 aromatic rings. The van der Waals surface area contributed by atoms with Crippen molar-refractivity contribution in [2.75, 3.05) is 7.11 Å². The number of rotatable bonds is 3. The van der Waals surface area contributed by atoms with Crippen molar-refractivity contribution < 1.29 is 19.2 Å². The quantitative estimate of drug-likeness (QED) is 0.930. The molecule has 104 valence electrons. The van der Waals surface area contributed by atoms with E-state index in [-0.39, 0.29) is 5.69 Å². The Bertz CT molecular complexity index is 660. The highest BCUT2D eigenvalue weighted by Crippen LogP contribution is 2.38. The third kappa shape index (κ3) is 2.05. The second-order valence-electron chi connectivity index (χ2n) is 4.87. The van der Waals surface area contributed by atoms with Gasteiger partial charge in [-0.15, -0.1) is 0 Å². The van der Waals surface area contributed by atoms with Crippen molar-refractivity contribution in [1.82, 2.24) is 5.16 Å². The van der Waals surface area contributed by atoms with Crippen LogP contribution in [0.5, 0.6) is 5.75 Å². The van der Waals surface area contributed by atoms with Gasteiger partial charge in [0.05, 0.1) is 12.7 Å². The number of nitrogens with zero attached hydrogens (tertiary/aromatic N) is 1. The van der Waals surface area contributed by atoms with E-state index in [2.05, 4.69) is 11.2 Å². The predicted molar refractivity (Wildman–Crippen MR) is 72.1 cm³/mol. The summed E-state index contributed by atoms with van der Waals surface area (Å²) in [5, 5.41) is 12.5. The van der Waals surface area contributed by atoms with Crippen molar-refractivity contribution in [2.45, 2.75) is 25.7 Å². The maximum atomic E-state index is 10.9. The summed E-state index contributed by atoms with van der Waals surface area (Å²) in [4.78, 5) is 10.9. The molecule has 1 N–H and O–H groups in total. The van der Waals surface area contributed by atoms with Crippen molar-refractivity contribution in [3.63, 3.8) is 0 Å². The Morgan fingerprint density at radius 1 is 1.35 bits per heavy atom. The molecule has 0 spiro atoms. The molecule has 0 saturated carbocycles. The van der Waals surface area contributed by atoms with Crippen LogP contribution in [-0.4, -0.2) is 23.3 Å². The zero-order chi connectivity index (χ0) is 14.1. The van der Waals surface area contributed by atoms with Gasteiger partial charge in [0.2, 0.25) is 0 Å². The molecule has 0 amide bonds. The highest BCUT2D eigenvalue weighted by atomic mass is 16.5. The van der Waals surface area contributed by atoms with Crippen molar-refractivity contribution >= 4 is 5.97 Å². The molecular formula is C15H15NO4. The van der Waals surface area contributed by atoms with Crippen LogP contribution in [0.4, 0.5) is 0 Å². The number of aromatic carboxylic acids is 1. The van der Waals surface area contributed by atoms with E-state index in [1.165, 1.54) is 23.6 Å². The van der Waals surface area contributed by atoms with Crippen LogP contribution < -0.4 is 4.74 Å². The molecule has 0 unspecified atom stereocenters. The van der Waals surface area contributed by atoms with Gasteiger partial charge < -0.3 is 14.4 Å². The monoisotopic (exact) mass is 273 g/mol. The number of aryl methyl sites for hydroxylation is 1. The molecule has 0 saturated heterocycles. The average Bonchev–Trinajstić information content (AvgIpc) is 2.95. The highest BCUT2D eigenvalue weighted by Gasteiger charge is 2.22. The minimum absolute atomic E-state index is 0.0875. The molecule has 1 heterocycles. The molecule has 5 heteroatoms. The van der Waals surface area contributed by atoms with E-state index in [9.17, 15) is 4.79 Å². The summed E-state index contributed by atoms with van der Waals surface area (Å²) < 4.78 is 10.6. The van der Waals surface area contributed by atoms with E-state index in [1.807, 2.05) is 6.07 Å². The second-order valence-corrected chi connectivity index (χ2v) is 4.87. The largest absolute Gasteiger partial charge is 0.496 e. The maximum Gasteiger partial charge on any atom is 0.358 e. The Balaban J connectivity index is 2.17. The lowest BCUT2D eigenvalue weighted by atomic mass is 9.87. The molecule has 1 aliphatic carbocycles. The molecule has 20 heavy (non-hydrogen) atoms. The van der Waals surface area contributed by atoms with Gasteiger partial charge in [0.1, 0.15) is 5.75 Å². The van der Waals surface area contributed by atoms with Gasteiger partial charge in [-0.3, -0.25) is 0 Å². The minimum atomic E-state index is -1.09. The molecule has 1 aromatic heterocycles. The number of carboxylic acid groups (broad SMARTS) is 1. The Labute approximate surface area is 116 Å². The van der Waals surface area contributed by atoms with Crippen molar-refractivity contribution in [1.29, 1.82) is 0 Å². The zero-order valence-electron chi connectivity index (χ0n) is 11.2. The van der Waals surface area contributed by atoms with Crippen molar-refractivity contribution in [3.8, 4) is 17.1 Å². The summed E-state index contributed by atoms with van der Waals surface area (Å²) in [6.07, 6.45) is 4.28. The number of fused-ring (bicyclic) bond motifs is 1. The standard InChI is InChI=1S/C15H15NO4/c1-19-12-7-6-9-4-2-3-5-10(9)14(12)13-8-11(15(17)18)16-20-13/h6-8H,2-5H2,1H3,(H,17,18). The van der Waals surface area contributed by atoms with Crippen LogP contribution in [0.15, 0.2) is 22.7 Å². The summed E-state index contributed by atoms with van der Waals surface area (Å²) in [5.41, 5.74) is 3.21. The fourth-order valence-electron chi connectivity index (χ4n) is 2.74. The highest BCUT2D eigenvalue weighted by molar-refractivity contribution is 5.87. The Morgan fingerprint density at radius 2 is 2.15 bits per heavy atom. The molecule has 1 aliphatic rings. The first-order chi connectivity index (χ1) is 9.70. The number of methoxy groups -OCH3 is 1. The molecule has 0 bridgehead atoms. The SMILES string of the molecule is COc1ccc2c(c1-c1cc(C(=O)O)no1)CCCC2. The van der Waals surface area contributed by atoms with Crippen LogP contribution >= 0.6 is 0 Å². The molecule has 5 nitrogen and oxygen atoms in total. The molecule has 3 rings (SSSR count). The Hall–Kier alpha value is -2.30. The fraction of sp³-hybridized carbons (Fsp3) is 0.333. The van der Waals surface area contributed by atoms with Crippen LogP contribution in [0.2, 0.25) is 0 Å². The maximum absolute atomic E-state index is 10.9. The van der Waals surface area contributed by atoms with Gasteiger partial charge in [0, 0.05) is 6.07 Å². The first-order valence-corrected chi connectivity index (χ1v) is 6.60. The van der Waals surface area contributed by atoms with Crippen molar-refractivity contribution in [2.24, 2.45) is 0 Å². The van der Waals surface area contributed by atoms with Crippen LogP contribution in [0.1, 0.15) is 34.5 Å². The van der Waals surface area contributed by atoms with Crippen LogP contribution in [0, 0.1) is 0 Å². The van der Waals surface area contributed by atoms with E-state index in [0.29, 0.717) is 11.5 Å². The summed E-state index contributed by atoms with van der Waals surface area (Å²) in [6.45, 7) is 0. The molecule has 0 fully saturated rings. The van der Waals surface area contributed by atoms with Gasteiger partial charge in [-0.05, 0) is 42.9 Å². The smallest absolute Gasteiger partial charge is 0.358 e. The Kier molecular flexibility index (Phi) is 3.18. The summed E-state index contributed by atoms with van der Waals surface area (Å²) in [5.74, 6) is 0.0560. The molecule has 1 aromatic carbocycles. The van der Waals surface area contributed by atoms with E-state index < -0.39 is 5.97 Å². The van der Waals surface area contributed by atoms with Gasteiger partial charge in [0.15, 0.2) is 11.5 Å². The summed E-state index contributed by atoms with van der Waals surface area (Å²) >= 11 is 0. The topological polar surface area (TPSA) is 72.6 Å². The zero-order valence-corrected chi connectivity index (χ0v) is 11.2. The molecular weight excluding hydrogens is 258 g/mol. The van der Waals surface area contributed by atoms with Gasteiger partial charge >= 0.3 is 5.97 Å². The van der Waals surface area contributed by atoms with E-state index >= 15 is 0 Å². The Morgan fingerprint density at radius 3 is 2.85 bits per heavy atom. The van der Waals surface area contributed by atoms with E-state index in [0.717, 1.165) is 24.8 Å². The minimum Gasteiger partial charge on any atom is -0.496 e. The lowest BCUT2D eigenvalue weighted by Crippen LogP contribution is -2.05. The average molecular weight is 273 g/mol. The van der Waals surface area contributed by atoms with Gasteiger partial charge in [0.25, 0.3) is 0 Å². The fourth-order valence-corrected chi connectivity index (χ4v) is 2.74.